The number of carbonyl (C=O) groups excluding carboxylic acids is 1. The molecule has 0 spiro atoms. The van der Waals surface area contributed by atoms with Crippen molar-refractivity contribution in [2.45, 2.75) is 46.5 Å². The minimum atomic E-state index is -0.177. The second-order valence-corrected chi connectivity index (χ2v) is 8.37. The number of carbonyl (C=O) groups is 1. The van der Waals surface area contributed by atoms with Gasteiger partial charge in [0, 0.05) is 6.42 Å². The SMILES string of the molecule is CCOC(=O)CCc1cc(OCCCCN)ccc1-c1ccc(-c2cccc(C)c2)c(C)c1. The Morgan fingerprint density at radius 1 is 0.909 bits per heavy atom. The maximum Gasteiger partial charge on any atom is 0.306 e. The van der Waals surface area contributed by atoms with Crippen LogP contribution in [0.15, 0.2) is 60.7 Å². The third-order valence-corrected chi connectivity index (χ3v) is 5.71. The normalized spacial score (nSPS) is 10.8. The first-order valence-electron chi connectivity index (χ1n) is 11.8. The molecule has 3 aromatic rings. The molecule has 0 aliphatic carbocycles. The molecule has 4 nitrogen and oxygen atoms in total. The van der Waals surface area contributed by atoms with E-state index in [2.05, 4.69) is 68.4 Å². The second-order valence-electron chi connectivity index (χ2n) is 8.37. The number of hydrogen-bond acceptors (Lipinski definition) is 4. The van der Waals surface area contributed by atoms with Crippen LogP contribution in [0.2, 0.25) is 0 Å². The van der Waals surface area contributed by atoms with E-state index in [1.165, 1.54) is 22.3 Å². The van der Waals surface area contributed by atoms with Crippen LogP contribution < -0.4 is 10.5 Å². The number of ether oxygens (including phenoxy) is 2. The average molecular weight is 446 g/mol. The van der Waals surface area contributed by atoms with Gasteiger partial charge in [0.15, 0.2) is 0 Å². The fourth-order valence-corrected chi connectivity index (χ4v) is 4.02. The van der Waals surface area contributed by atoms with Crippen LogP contribution in [0.5, 0.6) is 5.75 Å². The van der Waals surface area contributed by atoms with Gasteiger partial charge in [-0.1, -0.05) is 54.1 Å². The second kappa shape index (κ2) is 12.2. The van der Waals surface area contributed by atoms with E-state index >= 15 is 0 Å². The highest BCUT2D eigenvalue weighted by Gasteiger charge is 2.12. The predicted octanol–water partition coefficient (Wildman–Crippen LogP) is 6.25. The molecule has 0 aliphatic heterocycles. The topological polar surface area (TPSA) is 61.5 Å². The molecular formula is C29H35NO3. The first-order chi connectivity index (χ1) is 16.0. The van der Waals surface area contributed by atoms with E-state index in [1.807, 2.05) is 13.0 Å². The van der Waals surface area contributed by atoms with Gasteiger partial charge >= 0.3 is 5.97 Å². The summed E-state index contributed by atoms with van der Waals surface area (Å²) in [6, 6.07) is 21.3. The minimum Gasteiger partial charge on any atom is -0.494 e. The summed E-state index contributed by atoms with van der Waals surface area (Å²) in [5, 5.41) is 0. The van der Waals surface area contributed by atoms with Crippen molar-refractivity contribution in [2.75, 3.05) is 19.8 Å². The quantitative estimate of drug-likeness (QED) is 0.280. The largest absolute Gasteiger partial charge is 0.494 e. The van der Waals surface area contributed by atoms with Crippen LogP contribution >= 0.6 is 0 Å². The lowest BCUT2D eigenvalue weighted by Crippen LogP contribution is -2.06. The van der Waals surface area contributed by atoms with E-state index in [1.54, 1.807) is 0 Å². The number of unbranched alkanes of at least 4 members (excludes halogenated alkanes) is 1. The Morgan fingerprint density at radius 2 is 1.70 bits per heavy atom. The number of esters is 1. The van der Waals surface area contributed by atoms with E-state index in [-0.39, 0.29) is 5.97 Å². The molecule has 0 radical (unpaired) electrons. The summed E-state index contributed by atoms with van der Waals surface area (Å²) >= 11 is 0. The molecule has 0 saturated heterocycles. The maximum atomic E-state index is 12.0. The van der Waals surface area contributed by atoms with Crippen molar-refractivity contribution in [2.24, 2.45) is 5.73 Å². The smallest absolute Gasteiger partial charge is 0.306 e. The number of nitrogens with two attached hydrogens (primary N) is 1. The molecule has 0 aromatic heterocycles. The molecule has 0 amide bonds. The Hall–Kier alpha value is -3.11. The van der Waals surface area contributed by atoms with Crippen molar-refractivity contribution >= 4 is 5.97 Å². The fraction of sp³-hybridized carbons (Fsp3) is 0.345. The van der Waals surface area contributed by atoms with Gasteiger partial charge in [-0.2, -0.15) is 0 Å². The molecule has 0 aliphatic rings. The zero-order chi connectivity index (χ0) is 23.6. The van der Waals surface area contributed by atoms with Crippen LogP contribution in [0.4, 0.5) is 0 Å². The fourth-order valence-electron chi connectivity index (χ4n) is 4.02. The summed E-state index contributed by atoms with van der Waals surface area (Å²) < 4.78 is 11.1. The number of hydrogen-bond donors (Lipinski definition) is 1. The third-order valence-electron chi connectivity index (χ3n) is 5.71. The summed E-state index contributed by atoms with van der Waals surface area (Å²) in [5.74, 6) is 0.645. The van der Waals surface area contributed by atoms with Crippen molar-refractivity contribution in [3.8, 4) is 28.0 Å². The van der Waals surface area contributed by atoms with Crippen LogP contribution in [-0.2, 0) is 16.0 Å². The highest BCUT2D eigenvalue weighted by molar-refractivity contribution is 5.76. The number of benzene rings is 3. The maximum absolute atomic E-state index is 12.0. The highest BCUT2D eigenvalue weighted by atomic mass is 16.5. The molecule has 3 rings (SSSR count). The molecular weight excluding hydrogens is 410 g/mol. The zero-order valence-corrected chi connectivity index (χ0v) is 20.0. The van der Waals surface area contributed by atoms with Crippen LogP contribution in [0.25, 0.3) is 22.3 Å². The van der Waals surface area contributed by atoms with Gasteiger partial charge in [-0.3, -0.25) is 4.79 Å². The van der Waals surface area contributed by atoms with Crippen LogP contribution in [-0.4, -0.2) is 25.7 Å². The Balaban J connectivity index is 1.89. The Labute approximate surface area is 197 Å². The summed E-state index contributed by atoms with van der Waals surface area (Å²) in [6.07, 6.45) is 2.82. The van der Waals surface area contributed by atoms with Crippen LogP contribution in [0.3, 0.4) is 0 Å². The Kier molecular flexibility index (Phi) is 9.08. The molecule has 4 heteroatoms. The van der Waals surface area contributed by atoms with Crippen molar-refractivity contribution in [1.29, 1.82) is 0 Å². The number of aryl methyl sites for hydroxylation is 3. The van der Waals surface area contributed by atoms with Crippen molar-refractivity contribution in [3.05, 3.63) is 77.4 Å². The summed E-state index contributed by atoms with van der Waals surface area (Å²) in [7, 11) is 0. The molecule has 0 heterocycles. The average Bonchev–Trinajstić information content (AvgIpc) is 2.81. The predicted molar refractivity (Wildman–Crippen MR) is 136 cm³/mol. The third kappa shape index (κ3) is 6.93. The molecule has 0 saturated carbocycles. The molecule has 0 bridgehead atoms. The lowest BCUT2D eigenvalue weighted by atomic mass is 9.92. The van der Waals surface area contributed by atoms with Crippen LogP contribution in [0, 0.1) is 13.8 Å². The summed E-state index contributed by atoms with van der Waals surface area (Å²) in [5.41, 5.74) is 13.8. The summed E-state index contributed by atoms with van der Waals surface area (Å²) in [4.78, 5) is 12.0. The molecule has 2 N–H and O–H groups in total. The van der Waals surface area contributed by atoms with E-state index in [4.69, 9.17) is 15.2 Å². The van der Waals surface area contributed by atoms with E-state index < -0.39 is 0 Å². The molecule has 0 unspecified atom stereocenters. The first-order valence-corrected chi connectivity index (χ1v) is 11.8. The van der Waals surface area contributed by atoms with E-state index in [9.17, 15) is 4.79 Å². The zero-order valence-electron chi connectivity index (χ0n) is 20.0. The molecule has 0 fully saturated rings. The molecule has 174 valence electrons. The number of rotatable bonds is 11. The van der Waals surface area contributed by atoms with Gasteiger partial charge in [0.2, 0.25) is 0 Å². The molecule has 0 atom stereocenters. The Bertz CT molecular complexity index is 1070. The Morgan fingerprint density at radius 3 is 2.42 bits per heavy atom. The van der Waals surface area contributed by atoms with Gasteiger partial charge in [-0.05, 0) is 92.1 Å². The van der Waals surface area contributed by atoms with Gasteiger partial charge in [-0.15, -0.1) is 0 Å². The summed E-state index contributed by atoms with van der Waals surface area (Å²) in [6.45, 7) is 7.80. The lowest BCUT2D eigenvalue weighted by molar-refractivity contribution is -0.143. The molecule has 33 heavy (non-hydrogen) atoms. The van der Waals surface area contributed by atoms with Gasteiger partial charge in [-0.25, -0.2) is 0 Å². The first kappa shape index (κ1) is 24.5. The van der Waals surface area contributed by atoms with Crippen molar-refractivity contribution in [3.63, 3.8) is 0 Å². The molecule has 3 aromatic carbocycles. The standard InChI is InChI=1S/C29H35NO3/c1-4-32-29(31)15-11-25-20-26(33-17-6-5-16-30)12-14-28(25)24-10-13-27(22(3)19-24)23-9-7-8-21(2)18-23/h7-10,12-14,18-20H,4-6,11,15-17,30H2,1-3H3. The van der Waals surface area contributed by atoms with E-state index in [0.29, 0.717) is 32.6 Å². The van der Waals surface area contributed by atoms with Gasteiger partial charge < -0.3 is 15.2 Å². The lowest BCUT2D eigenvalue weighted by Gasteiger charge is -2.15. The van der Waals surface area contributed by atoms with Gasteiger partial charge in [0.1, 0.15) is 5.75 Å². The van der Waals surface area contributed by atoms with Gasteiger partial charge in [0.05, 0.1) is 13.2 Å². The van der Waals surface area contributed by atoms with Crippen molar-refractivity contribution in [1.82, 2.24) is 0 Å². The highest BCUT2D eigenvalue weighted by Crippen LogP contribution is 2.33. The minimum absolute atomic E-state index is 0.177. The van der Waals surface area contributed by atoms with Crippen molar-refractivity contribution < 1.29 is 14.3 Å². The monoisotopic (exact) mass is 445 g/mol. The van der Waals surface area contributed by atoms with E-state index in [0.717, 1.165) is 35.3 Å². The van der Waals surface area contributed by atoms with Gasteiger partial charge in [0.25, 0.3) is 0 Å². The van der Waals surface area contributed by atoms with Crippen LogP contribution in [0.1, 0.15) is 42.9 Å².